The fourth-order valence-corrected chi connectivity index (χ4v) is 2.27. The van der Waals surface area contributed by atoms with Crippen LogP contribution in [0.2, 0.25) is 0 Å². The van der Waals surface area contributed by atoms with Gasteiger partial charge in [0.2, 0.25) is 5.88 Å². The van der Waals surface area contributed by atoms with Crippen LogP contribution in [0.3, 0.4) is 0 Å². The molecule has 0 radical (unpaired) electrons. The van der Waals surface area contributed by atoms with Gasteiger partial charge in [-0.05, 0) is 28.4 Å². The number of hydrogen-bond acceptors (Lipinski definition) is 3. The highest BCUT2D eigenvalue weighted by molar-refractivity contribution is 9.10. The van der Waals surface area contributed by atoms with E-state index in [9.17, 15) is 23.5 Å². The maximum Gasteiger partial charge on any atom is 0.335 e. The molecule has 0 aliphatic carbocycles. The number of nitrogens with one attached hydrogen (secondary N) is 1. The van der Waals surface area contributed by atoms with Gasteiger partial charge in [-0.3, -0.25) is 9.78 Å². The van der Waals surface area contributed by atoms with Crippen molar-refractivity contribution >= 4 is 15.9 Å². The fourth-order valence-electron chi connectivity index (χ4n) is 1.94. The highest BCUT2D eigenvalue weighted by atomic mass is 79.9. The quantitative estimate of drug-likeness (QED) is 0.824. The van der Waals surface area contributed by atoms with Crippen LogP contribution in [0, 0.1) is 11.6 Å². The lowest BCUT2D eigenvalue weighted by molar-refractivity contribution is 0.418. The van der Waals surface area contributed by atoms with Gasteiger partial charge < -0.3 is 5.11 Å². The van der Waals surface area contributed by atoms with Crippen molar-refractivity contribution in [3.63, 3.8) is 0 Å². The molecule has 112 valence electrons. The summed E-state index contributed by atoms with van der Waals surface area (Å²) in [5.74, 6) is -2.53. The summed E-state index contributed by atoms with van der Waals surface area (Å²) in [5.41, 5.74) is -2.12. The molecule has 0 spiro atoms. The normalized spacial score (nSPS) is 10.9. The van der Waals surface area contributed by atoms with Crippen molar-refractivity contribution in [2.45, 2.75) is 19.8 Å². The van der Waals surface area contributed by atoms with Crippen LogP contribution in [-0.2, 0) is 6.42 Å². The summed E-state index contributed by atoms with van der Waals surface area (Å²) in [4.78, 5) is 25.5. The predicted molar refractivity (Wildman–Crippen MR) is 75.9 cm³/mol. The van der Waals surface area contributed by atoms with Gasteiger partial charge in [-0.25, -0.2) is 18.1 Å². The van der Waals surface area contributed by atoms with Gasteiger partial charge in [0, 0.05) is 6.07 Å². The van der Waals surface area contributed by atoms with Crippen molar-refractivity contribution in [3.8, 4) is 11.6 Å². The summed E-state index contributed by atoms with van der Waals surface area (Å²) in [6.07, 6.45) is 0.760. The third-order valence-corrected chi connectivity index (χ3v) is 3.52. The van der Waals surface area contributed by atoms with Gasteiger partial charge in [0.25, 0.3) is 5.56 Å². The zero-order valence-electron chi connectivity index (χ0n) is 10.9. The first kappa shape index (κ1) is 15.4. The maximum atomic E-state index is 13.9. The van der Waals surface area contributed by atoms with E-state index in [4.69, 9.17) is 0 Å². The molecule has 0 saturated heterocycles. The number of rotatable bonds is 3. The molecule has 1 heterocycles. The Labute approximate surface area is 126 Å². The monoisotopic (exact) mass is 360 g/mol. The van der Waals surface area contributed by atoms with Crippen molar-refractivity contribution in [1.82, 2.24) is 9.55 Å². The van der Waals surface area contributed by atoms with Crippen molar-refractivity contribution in [1.29, 1.82) is 0 Å². The van der Waals surface area contributed by atoms with Crippen LogP contribution < -0.4 is 11.2 Å². The van der Waals surface area contributed by atoms with Crippen molar-refractivity contribution in [2.75, 3.05) is 0 Å². The third-order valence-electron chi connectivity index (χ3n) is 2.91. The smallest absolute Gasteiger partial charge is 0.335 e. The summed E-state index contributed by atoms with van der Waals surface area (Å²) in [7, 11) is 0. The molecule has 5 nitrogen and oxygen atoms in total. The van der Waals surface area contributed by atoms with Gasteiger partial charge in [-0.1, -0.05) is 13.3 Å². The fraction of sp³-hybridized carbons (Fsp3) is 0.231. The molecule has 0 atom stereocenters. The summed E-state index contributed by atoms with van der Waals surface area (Å²) in [6, 6.07) is 1.59. The number of benzene rings is 1. The topological polar surface area (TPSA) is 75.1 Å². The molecule has 0 unspecified atom stereocenters. The van der Waals surface area contributed by atoms with Gasteiger partial charge in [0.05, 0.1) is 15.7 Å². The van der Waals surface area contributed by atoms with Crippen LogP contribution in [0.15, 0.2) is 26.2 Å². The average molecular weight is 361 g/mol. The van der Waals surface area contributed by atoms with E-state index in [1.54, 1.807) is 6.92 Å². The standard InChI is InChI=1S/C13H11BrF2N2O3/c1-2-3-6-11(19)17-13(21)18(12(6)20)10-4-7(14)8(15)5-9(10)16/h4-5,20H,2-3H2,1H3,(H,17,19,21). The Bertz CT molecular complexity index is 814. The Morgan fingerprint density at radius 2 is 1.95 bits per heavy atom. The molecule has 21 heavy (non-hydrogen) atoms. The SMILES string of the molecule is CCCc1c(O)n(-c2cc(Br)c(F)cc2F)c(=O)[nH]c1=O. The predicted octanol–water partition coefficient (Wildman–Crippen LogP) is 2.22. The maximum absolute atomic E-state index is 13.9. The number of halogens is 3. The van der Waals surface area contributed by atoms with Gasteiger partial charge >= 0.3 is 5.69 Å². The Kier molecular flexibility index (Phi) is 4.26. The van der Waals surface area contributed by atoms with Crippen LogP contribution in [0.1, 0.15) is 18.9 Å². The molecule has 2 N–H and O–H groups in total. The van der Waals surface area contributed by atoms with Crippen molar-refractivity contribution < 1.29 is 13.9 Å². The number of aromatic amines is 1. The zero-order chi connectivity index (χ0) is 15.7. The summed E-state index contributed by atoms with van der Waals surface area (Å²) < 4.78 is 27.6. The molecule has 0 aliphatic rings. The molecule has 0 aliphatic heterocycles. The van der Waals surface area contributed by atoms with Crippen LogP contribution >= 0.6 is 15.9 Å². The minimum Gasteiger partial charge on any atom is -0.494 e. The van der Waals surface area contributed by atoms with E-state index < -0.39 is 28.8 Å². The van der Waals surface area contributed by atoms with Gasteiger partial charge in [-0.2, -0.15) is 0 Å². The molecule has 0 fully saturated rings. The highest BCUT2D eigenvalue weighted by Crippen LogP contribution is 2.25. The van der Waals surface area contributed by atoms with E-state index in [-0.39, 0.29) is 22.1 Å². The number of nitrogens with zero attached hydrogens (tertiary/aromatic N) is 1. The molecular formula is C13H11BrF2N2O3. The van der Waals surface area contributed by atoms with Crippen molar-refractivity contribution in [2.24, 2.45) is 0 Å². The second-order valence-electron chi connectivity index (χ2n) is 4.36. The van der Waals surface area contributed by atoms with Gasteiger partial charge in [0.1, 0.15) is 11.6 Å². The van der Waals surface area contributed by atoms with E-state index in [1.807, 2.05) is 4.98 Å². The lowest BCUT2D eigenvalue weighted by Crippen LogP contribution is -2.31. The lowest BCUT2D eigenvalue weighted by atomic mass is 10.2. The average Bonchev–Trinajstić information content (AvgIpc) is 2.40. The molecule has 1 aromatic carbocycles. The summed E-state index contributed by atoms with van der Waals surface area (Å²) in [6.45, 7) is 1.78. The minimum atomic E-state index is -1.04. The van der Waals surface area contributed by atoms with E-state index in [2.05, 4.69) is 15.9 Å². The summed E-state index contributed by atoms with van der Waals surface area (Å²) >= 11 is 2.88. The van der Waals surface area contributed by atoms with Crippen LogP contribution in [0.5, 0.6) is 5.88 Å². The molecule has 0 saturated carbocycles. The Balaban J connectivity index is 2.81. The van der Waals surface area contributed by atoms with Crippen molar-refractivity contribution in [3.05, 3.63) is 54.6 Å². The number of aromatic hydroxyl groups is 1. The van der Waals surface area contributed by atoms with Gasteiger partial charge in [0.15, 0.2) is 0 Å². The first-order valence-corrected chi connectivity index (χ1v) is 6.88. The van der Waals surface area contributed by atoms with Crippen LogP contribution in [0.4, 0.5) is 8.78 Å². The van der Waals surface area contributed by atoms with Crippen LogP contribution in [-0.4, -0.2) is 14.7 Å². The van der Waals surface area contributed by atoms with E-state index in [0.29, 0.717) is 17.1 Å². The van der Waals surface area contributed by atoms with Crippen LogP contribution in [0.25, 0.3) is 5.69 Å². The van der Waals surface area contributed by atoms with Gasteiger partial charge in [-0.15, -0.1) is 0 Å². The van der Waals surface area contributed by atoms with E-state index in [0.717, 1.165) is 6.07 Å². The van der Waals surface area contributed by atoms with E-state index in [1.165, 1.54) is 0 Å². The number of aromatic nitrogens is 2. The Morgan fingerprint density at radius 3 is 2.57 bits per heavy atom. The number of H-pyrrole nitrogens is 1. The molecule has 8 heteroatoms. The molecule has 2 aromatic rings. The van der Waals surface area contributed by atoms with E-state index >= 15 is 0 Å². The first-order valence-electron chi connectivity index (χ1n) is 6.08. The number of hydrogen-bond donors (Lipinski definition) is 2. The first-order chi connectivity index (χ1) is 9.86. The Hall–Kier alpha value is -1.96. The molecule has 0 bridgehead atoms. The summed E-state index contributed by atoms with van der Waals surface area (Å²) in [5, 5.41) is 10.1. The minimum absolute atomic E-state index is 0.0306. The molecule has 2 rings (SSSR count). The highest BCUT2D eigenvalue weighted by Gasteiger charge is 2.18. The second kappa shape index (κ2) is 5.80. The Morgan fingerprint density at radius 1 is 1.29 bits per heavy atom. The second-order valence-corrected chi connectivity index (χ2v) is 5.22. The zero-order valence-corrected chi connectivity index (χ0v) is 12.5. The molecular weight excluding hydrogens is 350 g/mol. The largest absolute Gasteiger partial charge is 0.494 e. The molecule has 1 aromatic heterocycles. The lowest BCUT2D eigenvalue weighted by Gasteiger charge is -2.12. The third kappa shape index (κ3) is 2.76. The molecule has 0 amide bonds.